The van der Waals surface area contributed by atoms with Crippen LogP contribution in [0.15, 0.2) is 53.4 Å². The Labute approximate surface area is 122 Å². The number of nitrogens with two attached hydrogens (primary N) is 1. The second-order valence-electron chi connectivity index (χ2n) is 4.53. The number of nitro groups is 1. The number of rotatable bonds is 5. The van der Waals surface area contributed by atoms with Crippen molar-refractivity contribution in [3.63, 3.8) is 0 Å². The fourth-order valence-corrected chi connectivity index (χ4v) is 2.73. The van der Waals surface area contributed by atoms with Crippen LogP contribution in [0.25, 0.3) is 0 Å². The molecule has 2 N–H and O–H groups in total. The Balaban J connectivity index is 2.07. The predicted octanol–water partition coefficient (Wildman–Crippen LogP) is 3.91. The minimum Gasteiger partial charge on any atom is -0.324 e. The van der Waals surface area contributed by atoms with E-state index in [-0.39, 0.29) is 16.7 Å². The summed E-state index contributed by atoms with van der Waals surface area (Å²) in [5.41, 5.74) is 7.79. The quantitative estimate of drug-likeness (QED) is 0.514. The maximum Gasteiger partial charge on any atom is 0.273 e. The molecule has 2 rings (SSSR count). The van der Waals surface area contributed by atoms with Gasteiger partial charge in [0.25, 0.3) is 5.69 Å². The third-order valence-electron chi connectivity index (χ3n) is 2.99. The number of benzene rings is 2. The SMILES string of the molecule is CC(N)c1ccc(SCc2ccccc2[N+](=O)[O-])cc1. The van der Waals surface area contributed by atoms with E-state index in [1.165, 1.54) is 6.07 Å². The molecule has 0 saturated heterocycles. The zero-order chi connectivity index (χ0) is 14.5. The molecule has 0 aliphatic rings. The summed E-state index contributed by atoms with van der Waals surface area (Å²) in [6, 6.07) is 14.8. The van der Waals surface area contributed by atoms with Gasteiger partial charge in [0.1, 0.15) is 0 Å². The molecular formula is C15H16N2O2S. The molecule has 0 aromatic heterocycles. The van der Waals surface area contributed by atoms with Gasteiger partial charge in [0.15, 0.2) is 0 Å². The van der Waals surface area contributed by atoms with E-state index in [0.29, 0.717) is 5.75 Å². The zero-order valence-electron chi connectivity index (χ0n) is 11.2. The van der Waals surface area contributed by atoms with Crippen molar-refractivity contribution in [2.45, 2.75) is 23.6 Å². The van der Waals surface area contributed by atoms with Crippen LogP contribution < -0.4 is 5.73 Å². The van der Waals surface area contributed by atoms with Crippen molar-refractivity contribution in [1.82, 2.24) is 0 Å². The van der Waals surface area contributed by atoms with E-state index in [1.54, 1.807) is 23.9 Å². The molecule has 1 unspecified atom stereocenters. The Bertz CT molecular complexity index is 597. The normalized spacial score (nSPS) is 12.1. The van der Waals surface area contributed by atoms with Gasteiger partial charge in [-0.25, -0.2) is 0 Å². The van der Waals surface area contributed by atoms with Gasteiger partial charge >= 0.3 is 0 Å². The van der Waals surface area contributed by atoms with Gasteiger partial charge in [0.05, 0.1) is 4.92 Å². The summed E-state index contributed by atoms with van der Waals surface area (Å²) in [6.45, 7) is 1.94. The molecule has 0 amide bonds. The van der Waals surface area contributed by atoms with E-state index in [0.717, 1.165) is 16.0 Å². The van der Waals surface area contributed by atoms with Crippen LogP contribution in [0.5, 0.6) is 0 Å². The highest BCUT2D eigenvalue weighted by atomic mass is 32.2. The molecule has 20 heavy (non-hydrogen) atoms. The lowest BCUT2D eigenvalue weighted by Gasteiger charge is -2.07. The van der Waals surface area contributed by atoms with Crippen molar-refractivity contribution in [2.75, 3.05) is 0 Å². The Morgan fingerprint density at radius 3 is 2.45 bits per heavy atom. The molecule has 0 heterocycles. The minimum absolute atomic E-state index is 0.0178. The fraction of sp³-hybridized carbons (Fsp3) is 0.200. The molecule has 104 valence electrons. The van der Waals surface area contributed by atoms with Crippen molar-refractivity contribution >= 4 is 17.4 Å². The molecule has 4 nitrogen and oxygen atoms in total. The highest BCUT2D eigenvalue weighted by Crippen LogP contribution is 2.28. The molecule has 5 heteroatoms. The summed E-state index contributed by atoms with van der Waals surface area (Å²) in [6.07, 6.45) is 0. The van der Waals surface area contributed by atoms with Crippen LogP contribution in [0.2, 0.25) is 0 Å². The first-order chi connectivity index (χ1) is 9.58. The smallest absolute Gasteiger partial charge is 0.273 e. The molecule has 1 atom stereocenters. The number of hydrogen-bond donors (Lipinski definition) is 1. The van der Waals surface area contributed by atoms with Gasteiger partial charge in [-0.3, -0.25) is 10.1 Å². The first kappa shape index (κ1) is 14.6. The number of nitrogens with zero attached hydrogens (tertiary/aromatic N) is 1. The van der Waals surface area contributed by atoms with Gasteiger partial charge < -0.3 is 5.73 Å². The summed E-state index contributed by atoms with van der Waals surface area (Å²) >= 11 is 1.58. The maximum atomic E-state index is 10.9. The first-order valence-electron chi connectivity index (χ1n) is 6.28. The van der Waals surface area contributed by atoms with E-state index >= 15 is 0 Å². The second-order valence-corrected chi connectivity index (χ2v) is 5.58. The average Bonchev–Trinajstić information content (AvgIpc) is 2.45. The number of thioether (sulfide) groups is 1. The number of nitro benzene ring substituents is 1. The van der Waals surface area contributed by atoms with Crippen LogP contribution in [0, 0.1) is 10.1 Å². The molecule has 2 aromatic rings. The van der Waals surface area contributed by atoms with E-state index < -0.39 is 0 Å². The molecular weight excluding hydrogens is 272 g/mol. The summed E-state index contributed by atoms with van der Waals surface area (Å²) in [5, 5.41) is 10.9. The average molecular weight is 288 g/mol. The lowest BCUT2D eigenvalue weighted by Crippen LogP contribution is -2.04. The Morgan fingerprint density at radius 2 is 1.85 bits per heavy atom. The van der Waals surface area contributed by atoms with Crippen LogP contribution in [-0.2, 0) is 5.75 Å². The van der Waals surface area contributed by atoms with Gasteiger partial charge in [0.2, 0.25) is 0 Å². The summed E-state index contributed by atoms with van der Waals surface area (Å²) in [5.74, 6) is 0.578. The first-order valence-corrected chi connectivity index (χ1v) is 7.27. The highest BCUT2D eigenvalue weighted by Gasteiger charge is 2.12. The standard InChI is InChI=1S/C15H16N2O2S/c1-11(16)12-6-8-14(9-7-12)20-10-13-4-2-3-5-15(13)17(18)19/h2-9,11H,10,16H2,1H3. The largest absolute Gasteiger partial charge is 0.324 e. The van der Waals surface area contributed by atoms with E-state index in [9.17, 15) is 10.1 Å². The number of hydrogen-bond acceptors (Lipinski definition) is 4. The van der Waals surface area contributed by atoms with Gasteiger partial charge in [0, 0.05) is 28.3 Å². The van der Waals surface area contributed by atoms with Crippen molar-refractivity contribution in [3.05, 3.63) is 69.8 Å². The summed E-state index contributed by atoms with van der Waals surface area (Å²) in [7, 11) is 0. The van der Waals surface area contributed by atoms with E-state index in [2.05, 4.69) is 0 Å². The van der Waals surface area contributed by atoms with Crippen LogP contribution in [0.1, 0.15) is 24.1 Å². The van der Waals surface area contributed by atoms with Crippen LogP contribution in [0.4, 0.5) is 5.69 Å². The van der Waals surface area contributed by atoms with Gasteiger partial charge in [-0.2, -0.15) is 0 Å². The molecule has 0 aliphatic carbocycles. The molecule has 0 spiro atoms. The zero-order valence-corrected chi connectivity index (χ0v) is 12.0. The Kier molecular flexibility index (Phi) is 4.76. The predicted molar refractivity (Wildman–Crippen MR) is 81.7 cm³/mol. The van der Waals surface area contributed by atoms with E-state index in [4.69, 9.17) is 5.73 Å². The fourth-order valence-electron chi connectivity index (χ4n) is 1.84. The van der Waals surface area contributed by atoms with Crippen molar-refractivity contribution < 1.29 is 4.92 Å². The molecule has 0 bridgehead atoms. The second kappa shape index (κ2) is 6.54. The molecule has 0 radical (unpaired) electrons. The maximum absolute atomic E-state index is 10.9. The summed E-state index contributed by atoms with van der Waals surface area (Å²) < 4.78 is 0. The van der Waals surface area contributed by atoms with Crippen molar-refractivity contribution in [3.8, 4) is 0 Å². The molecule has 0 fully saturated rings. The van der Waals surface area contributed by atoms with Crippen LogP contribution in [-0.4, -0.2) is 4.92 Å². The number of para-hydroxylation sites is 1. The molecule has 0 aliphatic heterocycles. The van der Waals surface area contributed by atoms with Crippen molar-refractivity contribution in [2.24, 2.45) is 5.73 Å². The highest BCUT2D eigenvalue weighted by molar-refractivity contribution is 7.98. The lowest BCUT2D eigenvalue weighted by atomic mass is 10.1. The topological polar surface area (TPSA) is 69.2 Å². The van der Waals surface area contributed by atoms with Gasteiger partial charge in [-0.15, -0.1) is 11.8 Å². The Hall–Kier alpha value is -1.85. The molecule has 2 aromatic carbocycles. The third-order valence-corrected chi connectivity index (χ3v) is 4.05. The van der Waals surface area contributed by atoms with Crippen LogP contribution in [0.3, 0.4) is 0 Å². The molecule has 0 saturated carbocycles. The Morgan fingerprint density at radius 1 is 1.20 bits per heavy atom. The lowest BCUT2D eigenvalue weighted by molar-refractivity contribution is -0.385. The minimum atomic E-state index is -0.338. The summed E-state index contributed by atoms with van der Waals surface area (Å²) in [4.78, 5) is 11.7. The monoisotopic (exact) mass is 288 g/mol. The van der Waals surface area contributed by atoms with Crippen molar-refractivity contribution in [1.29, 1.82) is 0 Å². The third kappa shape index (κ3) is 3.59. The van der Waals surface area contributed by atoms with E-state index in [1.807, 2.05) is 37.3 Å². The van der Waals surface area contributed by atoms with Crippen LogP contribution >= 0.6 is 11.8 Å². The van der Waals surface area contributed by atoms with Gasteiger partial charge in [-0.05, 0) is 24.6 Å². The van der Waals surface area contributed by atoms with Gasteiger partial charge in [-0.1, -0.05) is 30.3 Å².